The Kier molecular flexibility index (Phi) is 3.57. The van der Waals surface area contributed by atoms with Crippen molar-refractivity contribution in [2.75, 3.05) is 14.1 Å². The molecule has 1 atom stereocenters. The smallest absolute Gasteiger partial charge is 0.338 e. The molecule has 1 N–H and O–H groups in total. The first-order chi connectivity index (χ1) is 11.3. The predicted molar refractivity (Wildman–Crippen MR) is 78.7 cm³/mol. The number of hydrogen-bond donors (Lipinski definition) is 1. The maximum Gasteiger partial charge on any atom is 0.338 e. The number of hydrogen-bond acceptors (Lipinski definition) is 4. The summed E-state index contributed by atoms with van der Waals surface area (Å²) in [6, 6.07) is 16.5. The summed E-state index contributed by atoms with van der Waals surface area (Å²) in [5, 5.41) is 10.6. The predicted octanol–water partition coefficient (Wildman–Crippen LogP) is 2.11. The van der Waals surface area contributed by atoms with Gasteiger partial charge >= 0.3 is 5.97 Å². The van der Waals surface area contributed by atoms with Gasteiger partial charge in [0.1, 0.15) is 0 Å². The van der Waals surface area contributed by atoms with Crippen LogP contribution in [0.15, 0.2) is 60.7 Å². The zero-order chi connectivity index (χ0) is 17.8. The van der Waals surface area contributed by atoms with Gasteiger partial charge in [-0.05, 0) is 11.1 Å². The monoisotopic (exact) mass is 289 g/mol. The summed E-state index contributed by atoms with van der Waals surface area (Å²) in [5.41, 5.74) is -1.28. The Morgan fingerprint density at radius 1 is 1.10 bits per heavy atom. The number of carbonyl (C=O) groups is 1. The van der Waals surface area contributed by atoms with E-state index in [1.807, 2.05) is 0 Å². The minimum absolute atomic E-state index is 0.324. The molecule has 0 aliphatic heterocycles. The Bertz CT molecular complexity index is 632. The number of rotatable bonds is 5. The van der Waals surface area contributed by atoms with Crippen LogP contribution in [-0.2, 0) is 19.9 Å². The van der Waals surface area contributed by atoms with Crippen molar-refractivity contribution in [1.29, 1.82) is 0 Å². The zero-order valence-corrected chi connectivity index (χ0v) is 11.5. The third kappa shape index (κ3) is 2.68. The number of aliphatic hydroxyl groups is 1. The standard InChI is InChI=1S/C17H18O4/c1-20-16(19)15(18)17(21-2,13-9-5-3-6-10-13)14-11-7-4-8-12-14/h3-12,15,18H,1-2H3/i2D3. The molecule has 2 aromatic carbocycles. The minimum Gasteiger partial charge on any atom is -0.467 e. The van der Waals surface area contributed by atoms with Crippen molar-refractivity contribution in [3.8, 4) is 0 Å². The van der Waals surface area contributed by atoms with Gasteiger partial charge in [-0.25, -0.2) is 4.79 Å². The van der Waals surface area contributed by atoms with Gasteiger partial charge in [-0.15, -0.1) is 0 Å². The lowest BCUT2D eigenvalue weighted by molar-refractivity contribution is -0.167. The fourth-order valence-corrected chi connectivity index (χ4v) is 2.31. The van der Waals surface area contributed by atoms with Gasteiger partial charge in [0.05, 0.1) is 11.2 Å². The summed E-state index contributed by atoms with van der Waals surface area (Å²) in [7, 11) is -1.75. The van der Waals surface area contributed by atoms with Crippen molar-refractivity contribution in [1.82, 2.24) is 0 Å². The molecule has 0 spiro atoms. The van der Waals surface area contributed by atoms with Crippen LogP contribution in [0.5, 0.6) is 0 Å². The second-order valence-electron chi connectivity index (χ2n) is 4.50. The van der Waals surface area contributed by atoms with Crippen molar-refractivity contribution in [2.24, 2.45) is 0 Å². The number of methoxy groups -OCH3 is 2. The first-order valence-corrected chi connectivity index (χ1v) is 6.38. The first-order valence-electron chi connectivity index (χ1n) is 7.88. The largest absolute Gasteiger partial charge is 0.467 e. The molecule has 1 unspecified atom stereocenters. The van der Waals surface area contributed by atoms with Crippen molar-refractivity contribution in [2.45, 2.75) is 11.7 Å². The number of esters is 1. The van der Waals surface area contributed by atoms with Crippen LogP contribution in [0.2, 0.25) is 0 Å². The molecule has 0 radical (unpaired) electrons. The van der Waals surface area contributed by atoms with Crippen LogP contribution in [0.4, 0.5) is 0 Å². The Morgan fingerprint density at radius 2 is 1.57 bits per heavy atom. The molecule has 0 amide bonds. The Hall–Kier alpha value is -2.17. The van der Waals surface area contributed by atoms with Gasteiger partial charge in [0.15, 0.2) is 11.7 Å². The molecular weight excluding hydrogens is 268 g/mol. The number of carbonyl (C=O) groups excluding carboxylic acids is 1. The lowest BCUT2D eigenvalue weighted by Gasteiger charge is -2.36. The quantitative estimate of drug-likeness (QED) is 0.857. The lowest BCUT2D eigenvalue weighted by Crippen LogP contribution is -2.47. The highest BCUT2D eigenvalue weighted by atomic mass is 16.6. The van der Waals surface area contributed by atoms with Gasteiger partial charge in [0.25, 0.3) is 0 Å². The minimum atomic E-state index is -2.86. The van der Waals surface area contributed by atoms with Gasteiger partial charge in [0, 0.05) is 7.04 Å². The molecule has 0 saturated heterocycles. The van der Waals surface area contributed by atoms with Crippen LogP contribution in [-0.4, -0.2) is 31.3 Å². The van der Waals surface area contributed by atoms with E-state index in [-0.39, 0.29) is 0 Å². The number of ether oxygens (including phenoxy) is 2. The van der Waals surface area contributed by atoms with Gasteiger partial charge in [-0.2, -0.15) is 0 Å². The van der Waals surface area contributed by atoms with Crippen molar-refractivity contribution >= 4 is 5.97 Å². The van der Waals surface area contributed by atoms with Crippen molar-refractivity contribution < 1.29 is 23.5 Å². The maximum atomic E-state index is 12.1. The third-order valence-electron chi connectivity index (χ3n) is 3.38. The van der Waals surface area contributed by atoms with E-state index in [0.29, 0.717) is 11.1 Å². The summed E-state index contributed by atoms with van der Waals surface area (Å²) in [6.07, 6.45) is -1.87. The molecule has 4 nitrogen and oxygen atoms in total. The summed E-state index contributed by atoms with van der Waals surface area (Å²) in [4.78, 5) is 12.1. The zero-order valence-electron chi connectivity index (χ0n) is 14.5. The molecule has 2 aromatic rings. The summed E-state index contributed by atoms with van der Waals surface area (Å²) in [6.45, 7) is 0. The van der Waals surface area contributed by atoms with E-state index < -0.39 is 24.7 Å². The summed E-state index contributed by atoms with van der Waals surface area (Å²) in [5.74, 6) is -0.994. The van der Waals surface area contributed by atoms with Crippen molar-refractivity contribution in [3.63, 3.8) is 0 Å². The molecule has 2 rings (SSSR count). The molecule has 0 aromatic heterocycles. The highest BCUT2D eigenvalue weighted by Crippen LogP contribution is 2.37. The average Bonchev–Trinajstić information content (AvgIpc) is 2.59. The molecule has 0 aliphatic carbocycles. The first kappa shape index (κ1) is 11.5. The summed E-state index contributed by atoms with van der Waals surface area (Å²) >= 11 is 0. The van der Waals surface area contributed by atoms with E-state index in [1.165, 1.54) is 0 Å². The van der Waals surface area contributed by atoms with E-state index in [1.54, 1.807) is 60.7 Å². The molecule has 110 valence electrons. The van der Waals surface area contributed by atoms with E-state index in [4.69, 9.17) is 8.85 Å². The fourth-order valence-electron chi connectivity index (χ4n) is 2.31. The highest BCUT2D eigenvalue weighted by Gasteiger charge is 2.46. The lowest BCUT2D eigenvalue weighted by atomic mass is 9.81. The average molecular weight is 289 g/mol. The molecule has 0 saturated carbocycles. The second-order valence-corrected chi connectivity index (χ2v) is 4.50. The van der Waals surface area contributed by atoms with E-state index in [0.717, 1.165) is 7.11 Å². The van der Waals surface area contributed by atoms with Crippen LogP contribution in [0.25, 0.3) is 0 Å². The SMILES string of the molecule is [2H]C([2H])([2H])OC(c1ccccc1)(c1ccccc1)C(O)C(=O)OC. The number of benzene rings is 2. The maximum absolute atomic E-state index is 12.1. The molecular formula is C17H18O4. The third-order valence-corrected chi connectivity index (χ3v) is 3.38. The fraction of sp³-hybridized carbons (Fsp3) is 0.235. The van der Waals surface area contributed by atoms with E-state index in [9.17, 15) is 9.90 Å². The van der Waals surface area contributed by atoms with Gasteiger partial charge in [0.2, 0.25) is 0 Å². The van der Waals surface area contributed by atoms with Gasteiger partial charge in [-0.1, -0.05) is 60.7 Å². The Balaban J connectivity index is 2.75. The van der Waals surface area contributed by atoms with Crippen LogP contribution in [0.1, 0.15) is 15.2 Å². The molecule has 0 bridgehead atoms. The molecule has 0 fully saturated rings. The summed E-state index contributed by atoms with van der Waals surface area (Å²) < 4.78 is 32.5. The van der Waals surface area contributed by atoms with Gasteiger partial charge in [-0.3, -0.25) is 0 Å². The Labute approximate surface area is 128 Å². The van der Waals surface area contributed by atoms with Gasteiger partial charge < -0.3 is 14.6 Å². The number of aliphatic hydroxyl groups excluding tert-OH is 1. The van der Waals surface area contributed by atoms with E-state index >= 15 is 0 Å². The van der Waals surface area contributed by atoms with Crippen molar-refractivity contribution in [3.05, 3.63) is 71.8 Å². The molecule has 0 aliphatic rings. The molecule has 0 heterocycles. The highest BCUT2D eigenvalue weighted by molar-refractivity contribution is 5.77. The van der Waals surface area contributed by atoms with Crippen LogP contribution < -0.4 is 0 Å². The topological polar surface area (TPSA) is 55.8 Å². The normalized spacial score (nSPS) is 15.4. The molecule has 21 heavy (non-hydrogen) atoms. The van der Waals surface area contributed by atoms with E-state index in [2.05, 4.69) is 4.74 Å². The molecule has 4 heteroatoms. The van der Waals surface area contributed by atoms with Crippen LogP contribution in [0.3, 0.4) is 0 Å². The van der Waals surface area contributed by atoms with Crippen LogP contribution >= 0.6 is 0 Å². The second kappa shape index (κ2) is 6.52. The van der Waals surface area contributed by atoms with Crippen LogP contribution in [0, 0.1) is 0 Å². The Morgan fingerprint density at radius 3 is 1.95 bits per heavy atom.